The molecule has 0 amide bonds. The van der Waals surface area contributed by atoms with Crippen LogP contribution >= 0.6 is 0 Å². The third-order valence-corrected chi connectivity index (χ3v) is 2.73. The van der Waals surface area contributed by atoms with E-state index in [1.807, 2.05) is 6.08 Å². The van der Waals surface area contributed by atoms with Gasteiger partial charge in [0.05, 0.1) is 0 Å². The van der Waals surface area contributed by atoms with Crippen LogP contribution in [-0.2, 0) is 4.79 Å². The highest BCUT2D eigenvalue weighted by Crippen LogP contribution is 2.19. The van der Waals surface area contributed by atoms with Crippen LogP contribution in [0.1, 0.15) is 19.3 Å². The second kappa shape index (κ2) is 6.40. The Morgan fingerprint density at radius 1 is 1.60 bits per heavy atom. The molecule has 0 aromatic rings. The lowest BCUT2D eigenvalue weighted by Gasteiger charge is -2.31. The lowest BCUT2D eigenvalue weighted by Crippen LogP contribution is -2.35. The molecule has 1 unspecified atom stereocenters. The Balaban J connectivity index is 2.29. The molecule has 1 aliphatic rings. The van der Waals surface area contributed by atoms with E-state index < -0.39 is 5.97 Å². The van der Waals surface area contributed by atoms with Gasteiger partial charge in [-0.2, -0.15) is 0 Å². The molecule has 1 rings (SSSR count). The number of hydrogen-bond donors (Lipinski definition) is 1. The van der Waals surface area contributed by atoms with Gasteiger partial charge in [-0.25, -0.2) is 4.79 Å². The van der Waals surface area contributed by atoms with Crippen LogP contribution in [0.5, 0.6) is 0 Å². The summed E-state index contributed by atoms with van der Waals surface area (Å²) in [5.74, 6) is -0.163. The van der Waals surface area contributed by atoms with E-state index in [1.54, 1.807) is 6.08 Å². The molecule has 1 saturated heterocycles. The first-order valence-electron chi connectivity index (χ1n) is 5.45. The number of carboxylic acids is 1. The molecule has 0 saturated carbocycles. The fourth-order valence-electron chi connectivity index (χ4n) is 2.05. The zero-order valence-electron chi connectivity index (χ0n) is 9.06. The van der Waals surface area contributed by atoms with Crippen LogP contribution in [0.2, 0.25) is 0 Å². The van der Waals surface area contributed by atoms with Gasteiger partial charge >= 0.3 is 5.97 Å². The summed E-state index contributed by atoms with van der Waals surface area (Å²) in [7, 11) is 0. The lowest BCUT2D eigenvalue weighted by molar-refractivity contribution is -0.131. The summed E-state index contributed by atoms with van der Waals surface area (Å²) in [6.45, 7) is 6.65. The lowest BCUT2D eigenvalue weighted by atomic mass is 9.95. The van der Waals surface area contributed by atoms with Gasteiger partial charge in [0.15, 0.2) is 0 Å². The Morgan fingerprint density at radius 2 is 2.40 bits per heavy atom. The predicted molar refractivity (Wildman–Crippen MR) is 60.8 cm³/mol. The summed E-state index contributed by atoms with van der Waals surface area (Å²) >= 11 is 0. The fraction of sp³-hybridized carbons (Fsp3) is 0.583. The van der Waals surface area contributed by atoms with E-state index in [2.05, 4.69) is 11.5 Å². The average molecular weight is 209 g/mol. The molecule has 1 fully saturated rings. The van der Waals surface area contributed by atoms with Gasteiger partial charge in [-0.05, 0) is 31.7 Å². The summed E-state index contributed by atoms with van der Waals surface area (Å²) in [5.41, 5.74) is 0. The highest BCUT2D eigenvalue weighted by Gasteiger charge is 2.17. The highest BCUT2D eigenvalue weighted by molar-refractivity contribution is 5.79. The molecule has 15 heavy (non-hydrogen) atoms. The van der Waals surface area contributed by atoms with Crippen molar-refractivity contribution in [2.45, 2.75) is 19.3 Å². The van der Waals surface area contributed by atoms with Crippen LogP contribution in [-0.4, -0.2) is 35.6 Å². The quantitative estimate of drug-likeness (QED) is 0.555. The van der Waals surface area contributed by atoms with Crippen LogP contribution < -0.4 is 0 Å². The molecule has 1 aliphatic heterocycles. The van der Waals surface area contributed by atoms with E-state index in [1.165, 1.54) is 18.9 Å². The maximum Gasteiger partial charge on any atom is 0.328 e. The third-order valence-electron chi connectivity index (χ3n) is 2.73. The molecule has 0 spiro atoms. The molecule has 0 radical (unpaired) electrons. The minimum absolute atomic E-state index is 0.703. The normalized spacial score (nSPS) is 23.1. The van der Waals surface area contributed by atoms with Crippen molar-refractivity contribution in [3.63, 3.8) is 0 Å². The number of likely N-dealkylation sites (tertiary alicyclic amines) is 1. The molecular weight excluding hydrogens is 190 g/mol. The van der Waals surface area contributed by atoms with Crippen molar-refractivity contribution < 1.29 is 9.90 Å². The van der Waals surface area contributed by atoms with Crippen LogP contribution in [0.25, 0.3) is 0 Å². The largest absolute Gasteiger partial charge is 0.478 e. The highest BCUT2D eigenvalue weighted by atomic mass is 16.4. The summed E-state index contributed by atoms with van der Waals surface area (Å²) in [5, 5.41) is 8.46. The van der Waals surface area contributed by atoms with E-state index in [-0.39, 0.29) is 0 Å². The van der Waals surface area contributed by atoms with Crippen molar-refractivity contribution in [1.82, 2.24) is 4.90 Å². The van der Waals surface area contributed by atoms with Crippen LogP contribution in [0.3, 0.4) is 0 Å². The first kappa shape index (κ1) is 12.0. The number of piperidine rings is 1. The van der Waals surface area contributed by atoms with Gasteiger partial charge < -0.3 is 5.11 Å². The summed E-state index contributed by atoms with van der Waals surface area (Å²) in [6, 6.07) is 0. The molecule has 1 atom stereocenters. The number of nitrogens with zero attached hydrogens (tertiary/aromatic N) is 1. The van der Waals surface area contributed by atoms with E-state index in [9.17, 15) is 4.79 Å². The maximum atomic E-state index is 10.3. The Hall–Kier alpha value is -1.09. The number of rotatable bonds is 5. The number of allylic oxidation sites excluding steroid dienone is 1. The van der Waals surface area contributed by atoms with Gasteiger partial charge in [0.2, 0.25) is 0 Å². The molecule has 1 N–H and O–H groups in total. The summed E-state index contributed by atoms with van der Waals surface area (Å²) in [4.78, 5) is 12.6. The number of carboxylic acid groups (broad SMARTS) is 1. The van der Waals surface area contributed by atoms with Crippen molar-refractivity contribution in [3.8, 4) is 0 Å². The molecule has 84 valence electrons. The monoisotopic (exact) mass is 209 g/mol. The number of carbonyl (C=O) groups is 1. The van der Waals surface area contributed by atoms with Crippen molar-refractivity contribution in [2.75, 3.05) is 19.6 Å². The SMILES string of the molecule is C=CCC1CCCN(CC=CC(=O)O)C1. The summed E-state index contributed by atoms with van der Waals surface area (Å²) in [6.07, 6.45) is 8.46. The van der Waals surface area contributed by atoms with E-state index >= 15 is 0 Å². The minimum Gasteiger partial charge on any atom is -0.478 e. The Bertz CT molecular complexity index is 248. The van der Waals surface area contributed by atoms with Crippen molar-refractivity contribution in [1.29, 1.82) is 0 Å². The Morgan fingerprint density at radius 3 is 3.07 bits per heavy atom. The number of hydrogen-bond acceptors (Lipinski definition) is 2. The first-order chi connectivity index (χ1) is 7.22. The van der Waals surface area contributed by atoms with Gasteiger partial charge in [-0.3, -0.25) is 4.90 Å². The van der Waals surface area contributed by atoms with Gasteiger partial charge in [-0.1, -0.05) is 12.2 Å². The molecule has 0 aromatic heterocycles. The smallest absolute Gasteiger partial charge is 0.328 e. The average Bonchev–Trinajstić information content (AvgIpc) is 2.18. The standard InChI is InChI=1S/C12H19NO2/c1-2-5-11-6-3-8-13(10-11)9-4-7-12(14)15/h2,4,7,11H,1,3,5-6,8-10H2,(H,14,15). The maximum absolute atomic E-state index is 10.3. The summed E-state index contributed by atoms with van der Waals surface area (Å²) < 4.78 is 0. The molecule has 1 heterocycles. The molecule has 3 heteroatoms. The van der Waals surface area contributed by atoms with E-state index in [0.717, 1.165) is 26.1 Å². The van der Waals surface area contributed by atoms with Gasteiger partial charge in [-0.15, -0.1) is 6.58 Å². The third kappa shape index (κ3) is 4.79. The predicted octanol–water partition coefficient (Wildman–Crippen LogP) is 1.92. The van der Waals surface area contributed by atoms with E-state index in [0.29, 0.717) is 5.92 Å². The second-order valence-corrected chi connectivity index (χ2v) is 4.03. The zero-order valence-corrected chi connectivity index (χ0v) is 9.06. The topological polar surface area (TPSA) is 40.5 Å². The molecular formula is C12H19NO2. The van der Waals surface area contributed by atoms with Crippen molar-refractivity contribution in [3.05, 3.63) is 24.8 Å². The Kier molecular flexibility index (Phi) is 5.12. The Labute approximate surface area is 91.1 Å². The second-order valence-electron chi connectivity index (χ2n) is 4.03. The number of aliphatic carboxylic acids is 1. The molecule has 0 aromatic carbocycles. The van der Waals surface area contributed by atoms with Crippen LogP contribution in [0.4, 0.5) is 0 Å². The van der Waals surface area contributed by atoms with Gasteiger partial charge in [0.1, 0.15) is 0 Å². The molecule has 3 nitrogen and oxygen atoms in total. The van der Waals surface area contributed by atoms with E-state index in [4.69, 9.17) is 5.11 Å². The molecule has 0 bridgehead atoms. The van der Waals surface area contributed by atoms with Gasteiger partial charge in [0, 0.05) is 19.2 Å². The van der Waals surface area contributed by atoms with Crippen molar-refractivity contribution in [2.24, 2.45) is 5.92 Å². The fourth-order valence-corrected chi connectivity index (χ4v) is 2.05. The van der Waals surface area contributed by atoms with Crippen molar-refractivity contribution >= 4 is 5.97 Å². The first-order valence-corrected chi connectivity index (χ1v) is 5.45. The van der Waals surface area contributed by atoms with Gasteiger partial charge in [0.25, 0.3) is 0 Å². The zero-order chi connectivity index (χ0) is 11.1. The minimum atomic E-state index is -0.866. The van der Waals surface area contributed by atoms with Crippen LogP contribution in [0.15, 0.2) is 24.8 Å². The molecule has 0 aliphatic carbocycles. The van der Waals surface area contributed by atoms with Crippen LogP contribution in [0, 0.1) is 5.92 Å².